The van der Waals surface area contributed by atoms with Crippen LogP contribution < -0.4 is 5.32 Å². The van der Waals surface area contributed by atoms with Crippen molar-refractivity contribution >= 4 is 33.2 Å². The molecule has 150 valence electrons. The van der Waals surface area contributed by atoms with Gasteiger partial charge in [-0.3, -0.25) is 14.5 Å². The molecule has 6 nitrogen and oxygen atoms in total. The molecule has 28 heavy (non-hydrogen) atoms. The normalized spacial score (nSPS) is 17.9. The van der Waals surface area contributed by atoms with Crippen molar-refractivity contribution in [1.82, 2.24) is 15.1 Å². The van der Waals surface area contributed by atoms with Crippen LogP contribution in [0.1, 0.15) is 28.1 Å². The number of benzene rings is 1. The van der Waals surface area contributed by atoms with Gasteiger partial charge in [0.25, 0.3) is 5.91 Å². The number of nitrogens with zero attached hydrogens (tertiary/aromatic N) is 2. The van der Waals surface area contributed by atoms with Gasteiger partial charge in [0.2, 0.25) is 5.91 Å². The van der Waals surface area contributed by atoms with Gasteiger partial charge < -0.3 is 15.0 Å². The largest absolute Gasteiger partial charge is 0.380 e. The van der Waals surface area contributed by atoms with Gasteiger partial charge in [-0.15, -0.1) is 11.3 Å². The molecule has 2 heterocycles. The molecule has 1 aliphatic carbocycles. The number of rotatable bonds is 6. The molecule has 2 aliphatic rings. The summed E-state index contributed by atoms with van der Waals surface area (Å²) in [6.45, 7) is 2.99. The van der Waals surface area contributed by atoms with Gasteiger partial charge in [0.15, 0.2) is 0 Å². The Morgan fingerprint density at radius 3 is 2.68 bits per heavy atom. The first kappa shape index (κ1) is 19.3. The number of ether oxygens (including phenoxy) is 1. The van der Waals surface area contributed by atoms with Crippen LogP contribution in [-0.2, 0) is 16.1 Å². The Balaban J connectivity index is 1.44. The number of hydrogen-bond acceptors (Lipinski definition) is 5. The summed E-state index contributed by atoms with van der Waals surface area (Å²) in [5.74, 6) is -0.356. The maximum Gasteiger partial charge on any atom is 0.264 e. The third-order valence-electron chi connectivity index (χ3n) is 5.22. The zero-order valence-electron chi connectivity index (χ0n) is 15.9. The number of halogens is 1. The summed E-state index contributed by atoms with van der Waals surface area (Å²) in [7, 11) is 1.55. The third-order valence-corrected chi connectivity index (χ3v) is 6.40. The van der Waals surface area contributed by atoms with E-state index in [1.165, 1.54) is 17.4 Å². The molecule has 0 radical (unpaired) electrons. The van der Waals surface area contributed by atoms with Crippen LogP contribution in [0.3, 0.4) is 0 Å². The first-order chi connectivity index (χ1) is 13.6. The Kier molecular flexibility index (Phi) is 5.61. The molecule has 1 aliphatic heterocycles. The van der Waals surface area contributed by atoms with Crippen LogP contribution in [0.4, 0.5) is 4.39 Å². The molecule has 1 aromatic carbocycles. The second-order valence-electron chi connectivity index (χ2n) is 7.37. The second-order valence-corrected chi connectivity index (χ2v) is 8.42. The van der Waals surface area contributed by atoms with Crippen molar-refractivity contribution in [1.29, 1.82) is 0 Å². The number of amides is 2. The zero-order chi connectivity index (χ0) is 19.7. The van der Waals surface area contributed by atoms with Crippen LogP contribution >= 0.6 is 11.3 Å². The molecule has 8 heteroatoms. The minimum Gasteiger partial charge on any atom is -0.380 e. The molecule has 1 N–H and O–H groups in total. The number of hydrogen-bond donors (Lipinski definition) is 1. The highest BCUT2D eigenvalue weighted by Gasteiger charge is 2.29. The predicted molar refractivity (Wildman–Crippen MR) is 106 cm³/mol. The van der Waals surface area contributed by atoms with E-state index in [1.54, 1.807) is 18.1 Å². The first-order valence-corrected chi connectivity index (χ1v) is 10.4. The molecule has 2 aromatic rings. The van der Waals surface area contributed by atoms with E-state index in [0.29, 0.717) is 54.6 Å². The van der Waals surface area contributed by atoms with E-state index in [0.717, 1.165) is 17.5 Å². The molecule has 0 bridgehead atoms. The van der Waals surface area contributed by atoms with E-state index >= 15 is 0 Å². The van der Waals surface area contributed by atoms with Gasteiger partial charge in [0.05, 0.1) is 18.0 Å². The Morgan fingerprint density at radius 2 is 2.00 bits per heavy atom. The van der Waals surface area contributed by atoms with Crippen LogP contribution in [0.15, 0.2) is 18.2 Å². The summed E-state index contributed by atoms with van der Waals surface area (Å²) in [5, 5.41) is 3.47. The summed E-state index contributed by atoms with van der Waals surface area (Å²) in [4.78, 5) is 29.5. The number of piperazine rings is 1. The van der Waals surface area contributed by atoms with Gasteiger partial charge in [0, 0.05) is 55.0 Å². The summed E-state index contributed by atoms with van der Waals surface area (Å²) >= 11 is 1.32. The minimum atomic E-state index is -0.327. The van der Waals surface area contributed by atoms with E-state index in [1.807, 2.05) is 6.07 Å². The van der Waals surface area contributed by atoms with E-state index in [9.17, 15) is 14.0 Å². The summed E-state index contributed by atoms with van der Waals surface area (Å²) in [5.41, 5.74) is 0.622. The number of nitrogens with one attached hydrogen (secondary N) is 1. The SMILES string of the molecule is COCc1c(C(=O)N2CCN(CC(=O)NC3CC3)CC2)sc2cccc(F)c12. The quantitative estimate of drug-likeness (QED) is 0.801. The summed E-state index contributed by atoms with van der Waals surface area (Å²) < 4.78 is 20.3. The molecule has 4 rings (SSSR count). The van der Waals surface area contributed by atoms with Crippen molar-refractivity contribution in [2.45, 2.75) is 25.5 Å². The molecule has 0 unspecified atom stereocenters. The van der Waals surface area contributed by atoms with Gasteiger partial charge in [-0.1, -0.05) is 6.07 Å². The zero-order valence-corrected chi connectivity index (χ0v) is 16.7. The van der Waals surface area contributed by atoms with Gasteiger partial charge in [-0.25, -0.2) is 4.39 Å². The maximum atomic E-state index is 14.3. The first-order valence-electron chi connectivity index (χ1n) is 9.56. The number of fused-ring (bicyclic) bond motifs is 1. The molecular weight excluding hydrogens is 381 g/mol. The second kappa shape index (κ2) is 8.14. The van der Waals surface area contributed by atoms with Gasteiger partial charge >= 0.3 is 0 Å². The molecule has 0 spiro atoms. The lowest BCUT2D eigenvalue weighted by Crippen LogP contribution is -2.51. The highest BCUT2D eigenvalue weighted by Crippen LogP contribution is 2.34. The van der Waals surface area contributed by atoms with Crippen LogP contribution in [0.2, 0.25) is 0 Å². The van der Waals surface area contributed by atoms with Crippen molar-refractivity contribution in [3.05, 3.63) is 34.5 Å². The molecule has 1 saturated carbocycles. The third kappa shape index (κ3) is 4.04. The van der Waals surface area contributed by atoms with Crippen molar-refractivity contribution in [2.75, 3.05) is 39.8 Å². The van der Waals surface area contributed by atoms with Gasteiger partial charge in [-0.2, -0.15) is 0 Å². The van der Waals surface area contributed by atoms with Crippen LogP contribution in [0.25, 0.3) is 10.1 Å². The summed E-state index contributed by atoms with van der Waals surface area (Å²) in [6.07, 6.45) is 2.15. The summed E-state index contributed by atoms with van der Waals surface area (Å²) in [6, 6.07) is 5.26. The predicted octanol–water partition coefficient (Wildman–Crippen LogP) is 2.22. The molecule has 1 saturated heterocycles. The minimum absolute atomic E-state index is 0.0599. The topological polar surface area (TPSA) is 61.9 Å². The van der Waals surface area contributed by atoms with E-state index < -0.39 is 0 Å². The monoisotopic (exact) mass is 405 g/mol. The standard InChI is InChI=1S/C20H24FN3O3S/c1-27-12-14-18-15(21)3-2-4-16(18)28-19(14)20(26)24-9-7-23(8-10-24)11-17(25)22-13-5-6-13/h2-4,13H,5-12H2,1H3,(H,22,25). The average molecular weight is 405 g/mol. The van der Waals surface area contributed by atoms with Crippen molar-refractivity contribution < 1.29 is 18.7 Å². The van der Waals surface area contributed by atoms with Crippen LogP contribution in [-0.4, -0.2) is 67.5 Å². The Morgan fingerprint density at radius 1 is 1.25 bits per heavy atom. The highest BCUT2D eigenvalue weighted by atomic mass is 32.1. The van der Waals surface area contributed by atoms with Crippen molar-refractivity contribution in [2.24, 2.45) is 0 Å². The van der Waals surface area contributed by atoms with Crippen LogP contribution in [0.5, 0.6) is 0 Å². The number of carbonyl (C=O) groups is 2. The lowest BCUT2D eigenvalue weighted by atomic mass is 10.1. The number of carbonyl (C=O) groups excluding carboxylic acids is 2. The fraction of sp³-hybridized carbons (Fsp3) is 0.500. The Hall–Kier alpha value is -2.03. The van der Waals surface area contributed by atoms with Crippen LogP contribution in [0, 0.1) is 5.82 Å². The van der Waals surface area contributed by atoms with Gasteiger partial charge in [-0.05, 0) is 25.0 Å². The molecule has 2 amide bonds. The smallest absolute Gasteiger partial charge is 0.264 e. The number of thiophene rings is 1. The molecule has 0 atom stereocenters. The van der Waals surface area contributed by atoms with E-state index in [-0.39, 0.29) is 24.2 Å². The fourth-order valence-corrected chi connectivity index (χ4v) is 4.77. The molecule has 1 aromatic heterocycles. The highest BCUT2D eigenvalue weighted by molar-refractivity contribution is 7.21. The van der Waals surface area contributed by atoms with E-state index in [4.69, 9.17) is 4.74 Å². The fourth-order valence-electron chi connectivity index (χ4n) is 3.58. The lowest BCUT2D eigenvalue weighted by molar-refractivity contribution is -0.122. The Labute approximate surface area is 167 Å². The van der Waals surface area contributed by atoms with Gasteiger partial charge in [0.1, 0.15) is 5.82 Å². The maximum absolute atomic E-state index is 14.3. The van der Waals surface area contributed by atoms with Crippen molar-refractivity contribution in [3.63, 3.8) is 0 Å². The van der Waals surface area contributed by atoms with Crippen molar-refractivity contribution in [3.8, 4) is 0 Å². The number of methoxy groups -OCH3 is 1. The average Bonchev–Trinajstić information content (AvgIpc) is 3.41. The lowest BCUT2D eigenvalue weighted by Gasteiger charge is -2.34. The molecular formula is C20H24FN3O3S. The molecule has 2 fully saturated rings. The van der Waals surface area contributed by atoms with E-state index in [2.05, 4.69) is 10.2 Å². The Bertz CT molecular complexity index is 888.